The van der Waals surface area contributed by atoms with Gasteiger partial charge in [-0.05, 0) is 50.6 Å². The minimum absolute atomic E-state index is 0.0980. The van der Waals surface area contributed by atoms with Crippen LogP contribution in [0.4, 0.5) is 5.69 Å². The molecule has 0 saturated heterocycles. The largest absolute Gasteiger partial charge is 0.491 e. The van der Waals surface area contributed by atoms with Crippen LogP contribution in [0.2, 0.25) is 0 Å². The molecule has 112 valence electrons. The SMILES string of the molecule is Cc1ccc(NC(CN)c2ccc(OC(C)C)cc2)cc1. The summed E-state index contributed by atoms with van der Waals surface area (Å²) in [6.07, 6.45) is 0.187. The zero-order valence-electron chi connectivity index (χ0n) is 13.0. The van der Waals surface area contributed by atoms with Crippen LogP contribution in [0.15, 0.2) is 48.5 Å². The van der Waals surface area contributed by atoms with E-state index in [0.717, 1.165) is 17.0 Å². The predicted molar refractivity (Wildman–Crippen MR) is 88.8 cm³/mol. The third kappa shape index (κ3) is 4.50. The summed E-state index contributed by atoms with van der Waals surface area (Å²) >= 11 is 0. The van der Waals surface area contributed by atoms with E-state index in [1.165, 1.54) is 5.56 Å². The fraction of sp³-hybridized carbons (Fsp3) is 0.333. The zero-order valence-corrected chi connectivity index (χ0v) is 13.0. The van der Waals surface area contributed by atoms with Crippen molar-refractivity contribution in [1.29, 1.82) is 0 Å². The summed E-state index contributed by atoms with van der Waals surface area (Å²) in [6.45, 7) is 6.67. The fourth-order valence-corrected chi connectivity index (χ4v) is 2.18. The van der Waals surface area contributed by atoms with E-state index in [0.29, 0.717) is 6.54 Å². The van der Waals surface area contributed by atoms with Crippen molar-refractivity contribution in [3.05, 3.63) is 59.7 Å². The molecule has 0 spiro atoms. The van der Waals surface area contributed by atoms with Gasteiger partial charge in [0.25, 0.3) is 0 Å². The Hall–Kier alpha value is -2.00. The van der Waals surface area contributed by atoms with Crippen LogP contribution >= 0.6 is 0 Å². The molecule has 2 rings (SSSR count). The Morgan fingerprint density at radius 1 is 1.00 bits per heavy atom. The Balaban J connectivity index is 2.08. The maximum atomic E-state index is 5.91. The molecule has 0 bridgehead atoms. The van der Waals surface area contributed by atoms with Crippen molar-refractivity contribution in [1.82, 2.24) is 0 Å². The Kier molecular flexibility index (Phi) is 5.23. The molecule has 21 heavy (non-hydrogen) atoms. The van der Waals surface area contributed by atoms with Crippen molar-refractivity contribution in [3.8, 4) is 5.75 Å². The first-order chi connectivity index (χ1) is 10.1. The molecule has 3 heteroatoms. The van der Waals surface area contributed by atoms with E-state index in [9.17, 15) is 0 Å². The van der Waals surface area contributed by atoms with Crippen LogP contribution in [0, 0.1) is 6.92 Å². The number of hydrogen-bond acceptors (Lipinski definition) is 3. The number of nitrogens with two attached hydrogens (primary N) is 1. The van der Waals surface area contributed by atoms with Gasteiger partial charge in [0.15, 0.2) is 0 Å². The van der Waals surface area contributed by atoms with Crippen LogP contribution in [-0.2, 0) is 0 Å². The van der Waals surface area contributed by atoms with Gasteiger partial charge in [-0.1, -0.05) is 29.8 Å². The number of ether oxygens (including phenoxy) is 1. The van der Waals surface area contributed by atoms with Gasteiger partial charge in [0.1, 0.15) is 5.75 Å². The van der Waals surface area contributed by atoms with Gasteiger partial charge in [-0.25, -0.2) is 0 Å². The first-order valence-electron chi connectivity index (χ1n) is 7.38. The van der Waals surface area contributed by atoms with E-state index in [1.54, 1.807) is 0 Å². The second-order valence-corrected chi connectivity index (χ2v) is 5.53. The molecule has 0 heterocycles. The summed E-state index contributed by atoms with van der Waals surface area (Å²) < 4.78 is 5.66. The first-order valence-corrected chi connectivity index (χ1v) is 7.38. The fourth-order valence-electron chi connectivity index (χ4n) is 2.18. The van der Waals surface area contributed by atoms with Crippen molar-refractivity contribution >= 4 is 5.69 Å². The van der Waals surface area contributed by atoms with Crippen molar-refractivity contribution < 1.29 is 4.74 Å². The Labute approximate surface area is 127 Å². The number of anilines is 1. The molecule has 0 fully saturated rings. The van der Waals surface area contributed by atoms with E-state index in [1.807, 2.05) is 26.0 Å². The maximum absolute atomic E-state index is 5.91. The minimum atomic E-state index is 0.0980. The molecule has 1 unspecified atom stereocenters. The highest BCUT2D eigenvalue weighted by molar-refractivity contribution is 5.47. The Bertz CT molecular complexity index is 546. The van der Waals surface area contributed by atoms with E-state index in [4.69, 9.17) is 10.5 Å². The van der Waals surface area contributed by atoms with Gasteiger partial charge < -0.3 is 15.8 Å². The van der Waals surface area contributed by atoms with Gasteiger partial charge in [0, 0.05) is 12.2 Å². The van der Waals surface area contributed by atoms with Crippen LogP contribution in [0.25, 0.3) is 0 Å². The van der Waals surface area contributed by atoms with Gasteiger partial charge in [-0.3, -0.25) is 0 Å². The maximum Gasteiger partial charge on any atom is 0.119 e. The molecule has 0 radical (unpaired) electrons. The van der Waals surface area contributed by atoms with Gasteiger partial charge in [0.2, 0.25) is 0 Å². The van der Waals surface area contributed by atoms with Crippen LogP contribution in [0.1, 0.15) is 31.0 Å². The summed E-state index contributed by atoms with van der Waals surface area (Å²) in [5.74, 6) is 0.889. The molecule has 0 aromatic heterocycles. The molecule has 2 aromatic rings. The van der Waals surface area contributed by atoms with E-state index in [2.05, 4.69) is 48.6 Å². The van der Waals surface area contributed by atoms with E-state index in [-0.39, 0.29) is 12.1 Å². The minimum Gasteiger partial charge on any atom is -0.491 e. The average molecular weight is 284 g/mol. The lowest BCUT2D eigenvalue weighted by Crippen LogP contribution is -2.20. The molecule has 2 aromatic carbocycles. The summed E-state index contributed by atoms with van der Waals surface area (Å²) in [5.41, 5.74) is 9.40. The molecule has 0 saturated carbocycles. The molecule has 3 N–H and O–H groups in total. The second-order valence-electron chi connectivity index (χ2n) is 5.53. The van der Waals surface area contributed by atoms with Crippen molar-refractivity contribution in [3.63, 3.8) is 0 Å². The lowest BCUT2D eigenvalue weighted by Gasteiger charge is -2.19. The smallest absolute Gasteiger partial charge is 0.119 e. The van der Waals surface area contributed by atoms with Crippen LogP contribution < -0.4 is 15.8 Å². The molecule has 0 aliphatic heterocycles. The molecular formula is C18H24N2O. The number of hydrogen-bond donors (Lipinski definition) is 2. The number of nitrogens with one attached hydrogen (secondary N) is 1. The third-order valence-corrected chi connectivity index (χ3v) is 3.28. The summed E-state index contributed by atoms with van der Waals surface area (Å²) in [6, 6.07) is 16.6. The summed E-state index contributed by atoms with van der Waals surface area (Å²) in [4.78, 5) is 0. The zero-order chi connectivity index (χ0) is 15.2. The lowest BCUT2D eigenvalue weighted by molar-refractivity contribution is 0.242. The van der Waals surface area contributed by atoms with E-state index >= 15 is 0 Å². The molecule has 3 nitrogen and oxygen atoms in total. The quantitative estimate of drug-likeness (QED) is 0.846. The summed E-state index contributed by atoms with van der Waals surface area (Å²) in [7, 11) is 0. The summed E-state index contributed by atoms with van der Waals surface area (Å²) in [5, 5.41) is 3.47. The third-order valence-electron chi connectivity index (χ3n) is 3.28. The molecule has 0 amide bonds. The van der Waals surface area contributed by atoms with Gasteiger partial charge in [-0.15, -0.1) is 0 Å². The first kappa shape index (κ1) is 15.4. The van der Waals surface area contributed by atoms with Crippen molar-refractivity contribution in [2.45, 2.75) is 32.9 Å². The predicted octanol–water partition coefficient (Wildman–Crippen LogP) is 3.89. The lowest BCUT2D eigenvalue weighted by atomic mass is 10.1. The average Bonchev–Trinajstić information content (AvgIpc) is 2.47. The van der Waals surface area contributed by atoms with Gasteiger partial charge >= 0.3 is 0 Å². The molecular weight excluding hydrogens is 260 g/mol. The standard InChI is InChI=1S/C18H24N2O/c1-13(2)21-17-10-6-15(7-11-17)18(12-19)20-16-8-4-14(3)5-9-16/h4-11,13,18,20H,12,19H2,1-3H3. The number of rotatable bonds is 6. The molecule has 0 aliphatic rings. The monoisotopic (exact) mass is 284 g/mol. The highest BCUT2D eigenvalue weighted by Gasteiger charge is 2.09. The number of benzene rings is 2. The van der Waals surface area contributed by atoms with Gasteiger partial charge in [0.05, 0.1) is 12.1 Å². The molecule has 0 aliphatic carbocycles. The van der Waals surface area contributed by atoms with Crippen molar-refractivity contribution in [2.75, 3.05) is 11.9 Å². The molecule has 1 atom stereocenters. The van der Waals surface area contributed by atoms with Crippen LogP contribution in [0.5, 0.6) is 5.75 Å². The van der Waals surface area contributed by atoms with Crippen molar-refractivity contribution in [2.24, 2.45) is 5.73 Å². The topological polar surface area (TPSA) is 47.3 Å². The van der Waals surface area contributed by atoms with E-state index < -0.39 is 0 Å². The van der Waals surface area contributed by atoms with Crippen LogP contribution in [-0.4, -0.2) is 12.6 Å². The highest BCUT2D eigenvalue weighted by Crippen LogP contribution is 2.22. The van der Waals surface area contributed by atoms with Gasteiger partial charge in [-0.2, -0.15) is 0 Å². The second kappa shape index (κ2) is 7.14. The Morgan fingerprint density at radius 2 is 1.62 bits per heavy atom. The number of aryl methyl sites for hydroxylation is 1. The Morgan fingerprint density at radius 3 is 2.14 bits per heavy atom. The van der Waals surface area contributed by atoms with Crippen LogP contribution in [0.3, 0.4) is 0 Å². The normalized spacial score (nSPS) is 12.2. The highest BCUT2D eigenvalue weighted by atomic mass is 16.5.